The molecule has 1 unspecified atom stereocenters. The van der Waals surface area contributed by atoms with Crippen molar-refractivity contribution in [1.82, 2.24) is 15.5 Å². The quantitative estimate of drug-likeness (QED) is 0.933. The number of rotatable bonds is 3. The number of nitrogens with zero attached hydrogens (tertiary/aromatic N) is 3. The van der Waals surface area contributed by atoms with E-state index in [4.69, 9.17) is 0 Å². The van der Waals surface area contributed by atoms with Crippen LogP contribution in [0.25, 0.3) is 0 Å². The lowest BCUT2D eigenvalue weighted by atomic mass is 9.95. The van der Waals surface area contributed by atoms with Gasteiger partial charge in [-0.15, -0.1) is 10.2 Å². The summed E-state index contributed by atoms with van der Waals surface area (Å²) in [6, 6.07) is 4.05. The van der Waals surface area contributed by atoms with Gasteiger partial charge < -0.3 is 10.2 Å². The summed E-state index contributed by atoms with van der Waals surface area (Å²) in [5.74, 6) is 1.50. The number of anilines is 1. The summed E-state index contributed by atoms with van der Waals surface area (Å²) in [4.78, 5) is 14.5. The number of aromatic nitrogens is 2. The largest absolute Gasteiger partial charge is 0.355 e. The molecule has 1 saturated carbocycles. The van der Waals surface area contributed by atoms with Gasteiger partial charge in [0.25, 0.3) is 5.91 Å². The van der Waals surface area contributed by atoms with Crippen molar-refractivity contribution in [3.8, 4) is 0 Å². The van der Waals surface area contributed by atoms with Gasteiger partial charge in [0, 0.05) is 19.1 Å². The first kappa shape index (κ1) is 15.3. The lowest BCUT2D eigenvalue weighted by Gasteiger charge is -2.31. The molecule has 2 fully saturated rings. The minimum atomic E-state index is -0.0852. The van der Waals surface area contributed by atoms with Crippen LogP contribution in [-0.2, 0) is 0 Å². The van der Waals surface area contributed by atoms with Crippen LogP contribution in [0.4, 0.5) is 5.82 Å². The highest BCUT2D eigenvalue weighted by atomic mass is 16.2. The van der Waals surface area contributed by atoms with Gasteiger partial charge >= 0.3 is 0 Å². The molecule has 3 rings (SSSR count). The molecule has 0 spiro atoms. The molecule has 0 radical (unpaired) electrons. The lowest BCUT2D eigenvalue weighted by Crippen LogP contribution is -2.37. The van der Waals surface area contributed by atoms with Crippen molar-refractivity contribution in [2.24, 2.45) is 5.92 Å². The van der Waals surface area contributed by atoms with Gasteiger partial charge in [0.1, 0.15) is 0 Å². The van der Waals surface area contributed by atoms with Crippen LogP contribution in [-0.4, -0.2) is 35.2 Å². The average Bonchev–Trinajstić information content (AvgIpc) is 2.56. The van der Waals surface area contributed by atoms with Gasteiger partial charge in [0.2, 0.25) is 0 Å². The van der Waals surface area contributed by atoms with Gasteiger partial charge in [-0.3, -0.25) is 4.79 Å². The van der Waals surface area contributed by atoms with Crippen molar-refractivity contribution in [2.75, 3.05) is 18.0 Å². The Hall–Kier alpha value is -1.65. The molecular weight excluding hydrogens is 276 g/mol. The monoisotopic (exact) mass is 302 g/mol. The standard InChI is InChI=1S/C17H26N4O/c1-13-6-5-11-21(12-13)16-10-9-15(19-20-16)17(22)18-14-7-3-2-4-8-14/h9-10,13-14H,2-8,11-12H2,1H3,(H,18,22). The van der Waals surface area contributed by atoms with E-state index in [0.717, 1.165) is 31.7 Å². The third-order valence-electron chi connectivity index (χ3n) is 4.80. The van der Waals surface area contributed by atoms with Crippen molar-refractivity contribution < 1.29 is 4.79 Å². The van der Waals surface area contributed by atoms with E-state index in [9.17, 15) is 4.79 Å². The number of hydrogen-bond donors (Lipinski definition) is 1. The van der Waals surface area contributed by atoms with Crippen LogP contribution in [0.5, 0.6) is 0 Å². The highest BCUT2D eigenvalue weighted by Gasteiger charge is 2.20. The Bertz CT molecular complexity index is 496. The molecule has 0 bridgehead atoms. The normalized spacial score (nSPS) is 23.3. The molecule has 1 amide bonds. The molecule has 0 aromatic carbocycles. The average molecular weight is 302 g/mol. The molecule has 1 saturated heterocycles. The van der Waals surface area contributed by atoms with E-state index >= 15 is 0 Å². The highest BCUT2D eigenvalue weighted by molar-refractivity contribution is 5.92. The number of nitrogens with one attached hydrogen (secondary N) is 1. The second-order valence-corrected chi connectivity index (χ2v) is 6.78. The molecule has 1 aromatic heterocycles. The summed E-state index contributed by atoms with van der Waals surface area (Å²) in [6.07, 6.45) is 8.37. The van der Waals surface area contributed by atoms with E-state index in [1.807, 2.05) is 6.07 Å². The second-order valence-electron chi connectivity index (χ2n) is 6.78. The van der Waals surface area contributed by atoms with Crippen LogP contribution in [0.1, 0.15) is 62.4 Å². The molecule has 1 aromatic rings. The summed E-state index contributed by atoms with van der Waals surface area (Å²) in [7, 11) is 0. The molecule has 1 aliphatic heterocycles. The molecule has 2 aliphatic rings. The van der Waals surface area contributed by atoms with Crippen molar-refractivity contribution in [3.05, 3.63) is 17.8 Å². The Kier molecular flexibility index (Phi) is 4.90. The van der Waals surface area contributed by atoms with E-state index in [1.54, 1.807) is 6.07 Å². The maximum Gasteiger partial charge on any atom is 0.272 e. The fourth-order valence-electron chi connectivity index (χ4n) is 3.52. The van der Waals surface area contributed by atoms with E-state index in [2.05, 4.69) is 27.3 Å². The van der Waals surface area contributed by atoms with Gasteiger partial charge in [0.15, 0.2) is 11.5 Å². The van der Waals surface area contributed by atoms with Crippen LogP contribution < -0.4 is 10.2 Å². The zero-order valence-electron chi connectivity index (χ0n) is 13.4. The van der Waals surface area contributed by atoms with Crippen LogP contribution in [0, 0.1) is 5.92 Å². The zero-order chi connectivity index (χ0) is 15.4. The predicted molar refractivity (Wildman–Crippen MR) is 87.0 cm³/mol. The minimum absolute atomic E-state index is 0.0852. The molecule has 2 heterocycles. The third kappa shape index (κ3) is 3.76. The molecule has 1 aliphatic carbocycles. The SMILES string of the molecule is CC1CCCN(c2ccc(C(=O)NC3CCCCC3)nn2)C1. The van der Waals surface area contributed by atoms with Crippen LogP contribution in [0.15, 0.2) is 12.1 Å². The van der Waals surface area contributed by atoms with Crippen LogP contribution in [0.2, 0.25) is 0 Å². The van der Waals surface area contributed by atoms with Crippen molar-refractivity contribution >= 4 is 11.7 Å². The number of hydrogen-bond acceptors (Lipinski definition) is 4. The summed E-state index contributed by atoms with van der Waals surface area (Å²) in [6.45, 7) is 4.33. The van der Waals surface area contributed by atoms with E-state index in [0.29, 0.717) is 17.7 Å². The number of carbonyl (C=O) groups excluding carboxylic acids is 1. The molecule has 5 nitrogen and oxygen atoms in total. The molecule has 1 atom stereocenters. The van der Waals surface area contributed by atoms with E-state index in [-0.39, 0.29) is 5.91 Å². The molecule has 1 N–H and O–H groups in total. The van der Waals surface area contributed by atoms with Crippen molar-refractivity contribution in [2.45, 2.75) is 57.9 Å². The first-order valence-electron chi connectivity index (χ1n) is 8.62. The Morgan fingerprint density at radius 2 is 1.95 bits per heavy atom. The smallest absolute Gasteiger partial charge is 0.272 e. The molecular formula is C17H26N4O. The second kappa shape index (κ2) is 7.07. The fraction of sp³-hybridized carbons (Fsp3) is 0.706. The third-order valence-corrected chi connectivity index (χ3v) is 4.80. The van der Waals surface area contributed by atoms with Gasteiger partial charge in [-0.2, -0.15) is 0 Å². The first-order valence-corrected chi connectivity index (χ1v) is 8.62. The molecule has 120 valence electrons. The number of piperidine rings is 1. The van der Waals surface area contributed by atoms with E-state index < -0.39 is 0 Å². The van der Waals surface area contributed by atoms with E-state index in [1.165, 1.54) is 32.1 Å². The van der Waals surface area contributed by atoms with Gasteiger partial charge in [-0.25, -0.2) is 0 Å². The van der Waals surface area contributed by atoms with Gasteiger partial charge in [0.05, 0.1) is 0 Å². The van der Waals surface area contributed by atoms with Crippen molar-refractivity contribution in [1.29, 1.82) is 0 Å². The Morgan fingerprint density at radius 3 is 2.64 bits per heavy atom. The Labute approximate surface area is 132 Å². The highest BCUT2D eigenvalue weighted by Crippen LogP contribution is 2.21. The maximum absolute atomic E-state index is 12.2. The first-order chi connectivity index (χ1) is 10.7. The van der Waals surface area contributed by atoms with Crippen molar-refractivity contribution in [3.63, 3.8) is 0 Å². The summed E-state index contributed by atoms with van der Waals surface area (Å²) in [5.41, 5.74) is 0.430. The molecule has 5 heteroatoms. The predicted octanol–water partition coefficient (Wildman–Crippen LogP) is 2.78. The molecule has 22 heavy (non-hydrogen) atoms. The lowest BCUT2D eigenvalue weighted by molar-refractivity contribution is 0.0921. The number of amides is 1. The fourth-order valence-corrected chi connectivity index (χ4v) is 3.52. The Balaban J connectivity index is 1.59. The topological polar surface area (TPSA) is 58.1 Å². The Morgan fingerprint density at radius 1 is 1.14 bits per heavy atom. The minimum Gasteiger partial charge on any atom is -0.355 e. The zero-order valence-corrected chi connectivity index (χ0v) is 13.4. The summed E-state index contributed by atoms with van der Waals surface area (Å²) in [5, 5.41) is 11.5. The van der Waals surface area contributed by atoms with Crippen LogP contribution >= 0.6 is 0 Å². The van der Waals surface area contributed by atoms with Crippen LogP contribution in [0.3, 0.4) is 0 Å². The maximum atomic E-state index is 12.2. The number of carbonyl (C=O) groups is 1. The van der Waals surface area contributed by atoms with Gasteiger partial charge in [-0.1, -0.05) is 26.2 Å². The summed E-state index contributed by atoms with van der Waals surface area (Å²) >= 11 is 0. The van der Waals surface area contributed by atoms with Gasteiger partial charge in [-0.05, 0) is 43.7 Å². The summed E-state index contributed by atoms with van der Waals surface area (Å²) < 4.78 is 0.